The Labute approximate surface area is 171 Å². The van der Waals surface area contributed by atoms with Crippen LogP contribution in [-0.2, 0) is 6.42 Å². The Bertz CT molecular complexity index is 1300. The van der Waals surface area contributed by atoms with Crippen molar-refractivity contribution in [2.75, 3.05) is 5.32 Å². The molecular weight excluding hydrogens is 385 g/mol. The number of carbonyl (C=O) groups is 1. The molecule has 0 saturated carbocycles. The topological polar surface area (TPSA) is 84.2 Å². The molecule has 0 fully saturated rings. The lowest BCUT2D eigenvalue weighted by Gasteiger charge is -2.14. The van der Waals surface area contributed by atoms with E-state index in [-0.39, 0.29) is 11.0 Å². The van der Waals surface area contributed by atoms with Crippen LogP contribution in [0.25, 0.3) is 16.7 Å². The molecule has 7 heteroatoms. The number of halogens is 1. The second-order valence-corrected chi connectivity index (χ2v) is 6.72. The fourth-order valence-corrected chi connectivity index (χ4v) is 3.26. The smallest absolute Gasteiger partial charge is 0.273 e. The van der Waals surface area contributed by atoms with Gasteiger partial charge in [-0.25, -0.2) is 9.37 Å². The van der Waals surface area contributed by atoms with Gasteiger partial charge in [0.15, 0.2) is 5.65 Å². The summed E-state index contributed by atoms with van der Waals surface area (Å²) in [4.78, 5) is 30.3. The van der Waals surface area contributed by atoms with E-state index in [1.807, 2.05) is 19.1 Å². The molecule has 0 unspecified atom stereocenters. The number of amides is 1. The maximum atomic E-state index is 13.4. The summed E-state index contributed by atoms with van der Waals surface area (Å²) in [6.45, 7) is 2.02. The normalized spacial score (nSPS) is 10.9. The highest BCUT2D eigenvalue weighted by Gasteiger charge is 2.23. The minimum atomic E-state index is -0.756. The van der Waals surface area contributed by atoms with Crippen molar-refractivity contribution in [1.82, 2.24) is 9.55 Å². The average molecular weight is 403 g/mol. The minimum Gasteiger partial charge on any atom is -0.506 e. The molecule has 0 aliphatic heterocycles. The van der Waals surface area contributed by atoms with Gasteiger partial charge in [-0.1, -0.05) is 19.1 Å². The van der Waals surface area contributed by atoms with Crippen LogP contribution in [0.15, 0.2) is 71.7 Å². The van der Waals surface area contributed by atoms with E-state index in [0.29, 0.717) is 11.4 Å². The van der Waals surface area contributed by atoms with Crippen LogP contribution in [0.5, 0.6) is 5.75 Å². The van der Waals surface area contributed by atoms with Gasteiger partial charge in [0.1, 0.15) is 17.1 Å². The van der Waals surface area contributed by atoms with Gasteiger partial charge in [0.2, 0.25) is 0 Å². The molecule has 0 aliphatic carbocycles. The number of anilines is 1. The maximum Gasteiger partial charge on any atom is 0.273 e. The first-order valence-corrected chi connectivity index (χ1v) is 9.38. The van der Waals surface area contributed by atoms with E-state index in [0.717, 1.165) is 12.0 Å². The number of nitrogens with one attached hydrogen (secondary N) is 1. The zero-order valence-electron chi connectivity index (χ0n) is 16.1. The van der Waals surface area contributed by atoms with Crippen LogP contribution >= 0.6 is 0 Å². The molecule has 0 bridgehead atoms. The van der Waals surface area contributed by atoms with Gasteiger partial charge in [-0.3, -0.25) is 14.2 Å². The fraction of sp³-hybridized carbons (Fsp3) is 0.0870. The fourth-order valence-electron chi connectivity index (χ4n) is 3.26. The number of pyridine rings is 2. The largest absolute Gasteiger partial charge is 0.506 e. The zero-order chi connectivity index (χ0) is 21.3. The molecule has 30 heavy (non-hydrogen) atoms. The van der Waals surface area contributed by atoms with Crippen molar-refractivity contribution in [3.05, 3.63) is 94.2 Å². The highest BCUT2D eigenvalue weighted by molar-refractivity contribution is 6.09. The Morgan fingerprint density at radius 1 is 1.10 bits per heavy atom. The van der Waals surface area contributed by atoms with Crippen LogP contribution in [0.3, 0.4) is 0 Å². The van der Waals surface area contributed by atoms with Crippen molar-refractivity contribution in [2.24, 2.45) is 0 Å². The molecular formula is C23H18FN3O3. The summed E-state index contributed by atoms with van der Waals surface area (Å²) in [5.74, 6) is -1.66. The monoisotopic (exact) mass is 403 g/mol. The van der Waals surface area contributed by atoms with Crippen LogP contribution in [0.2, 0.25) is 0 Å². The second-order valence-electron chi connectivity index (χ2n) is 6.72. The van der Waals surface area contributed by atoms with Crippen molar-refractivity contribution in [3.8, 4) is 11.4 Å². The van der Waals surface area contributed by atoms with E-state index in [1.54, 1.807) is 24.3 Å². The van der Waals surface area contributed by atoms with Crippen molar-refractivity contribution in [3.63, 3.8) is 0 Å². The summed E-state index contributed by atoms with van der Waals surface area (Å²) in [6, 6.07) is 15.6. The van der Waals surface area contributed by atoms with Gasteiger partial charge in [0.05, 0.1) is 11.1 Å². The van der Waals surface area contributed by atoms with Gasteiger partial charge in [0.25, 0.3) is 11.5 Å². The Morgan fingerprint density at radius 3 is 2.47 bits per heavy atom. The Morgan fingerprint density at radius 2 is 1.80 bits per heavy atom. The molecule has 0 atom stereocenters. The third-order valence-electron chi connectivity index (χ3n) is 4.84. The predicted molar refractivity (Wildman–Crippen MR) is 113 cm³/mol. The van der Waals surface area contributed by atoms with Crippen LogP contribution in [0, 0.1) is 5.82 Å². The van der Waals surface area contributed by atoms with Gasteiger partial charge in [-0.05, 0) is 60.5 Å². The van der Waals surface area contributed by atoms with Crippen molar-refractivity contribution < 1.29 is 14.3 Å². The molecule has 6 nitrogen and oxygen atoms in total. The highest BCUT2D eigenvalue weighted by Crippen LogP contribution is 2.27. The average Bonchev–Trinajstić information content (AvgIpc) is 2.76. The van der Waals surface area contributed by atoms with E-state index in [1.165, 1.54) is 35.0 Å². The summed E-state index contributed by atoms with van der Waals surface area (Å²) in [7, 11) is 0. The first-order chi connectivity index (χ1) is 14.5. The summed E-state index contributed by atoms with van der Waals surface area (Å²) < 4.78 is 14.6. The number of fused-ring (bicyclic) bond motifs is 1. The van der Waals surface area contributed by atoms with Crippen LogP contribution < -0.4 is 10.9 Å². The number of rotatable bonds is 4. The third-order valence-corrected chi connectivity index (χ3v) is 4.84. The Hall–Kier alpha value is -4.00. The molecule has 2 aromatic heterocycles. The molecule has 2 heterocycles. The van der Waals surface area contributed by atoms with Gasteiger partial charge >= 0.3 is 0 Å². The molecule has 0 radical (unpaired) electrons. The predicted octanol–water partition coefficient (Wildman–Crippen LogP) is 4.05. The quantitative estimate of drug-likeness (QED) is 0.539. The number of hydrogen-bond acceptors (Lipinski definition) is 4. The van der Waals surface area contributed by atoms with Gasteiger partial charge in [-0.15, -0.1) is 0 Å². The number of aromatic nitrogens is 2. The standard InChI is InChI=1S/C23H18FN3O3/c1-2-14-5-9-16(10-6-14)26-22(29)19-20(28)18-4-3-13-25-21(18)27(23(19)30)17-11-7-15(24)8-12-17/h3-13,28H,2H2,1H3,(H,26,29). The molecule has 2 aromatic carbocycles. The lowest BCUT2D eigenvalue weighted by molar-refractivity contribution is 0.102. The van der Waals surface area contributed by atoms with Crippen molar-refractivity contribution >= 4 is 22.6 Å². The maximum absolute atomic E-state index is 13.4. The number of aryl methyl sites for hydroxylation is 1. The Balaban J connectivity index is 1.88. The molecule has 2 N–H and O–H groups in total. The number of aromatic hydroxyl groups is 1. The first kappa shape index (κ1) is 19.3. The number of benzene rings is 2. The van der Waals surface area contributed by atoms with E-state index >= 15 is 0 Å². The lowest BCUT2D eigenvalue weighted by atomic mass is 10.1. The summed E-state index contributed by atoms with van der Waals surface area (Å²) in [6.07, 6.45) is 2.32. The molecule has 150 valence electrons. The highest BCUT2D eigenvalue weighted by atomic mass is 19.1. The number of hydrogen-bond donors (Lipinski definition) is 2. The van der Waals surface area contributed by atoms with Crippen molar-refractivity contribution in [1.29, 1.82) is 0 Å². The molecule has 0 saturated heterocycles. The Kier molecular flexibility index (Phi) is 5.02. The van der Waals surface area contributed by atoms with Crippen LogP contribution in [0.1, 0.15) is 22.8 Å². The molecule has 0 spiro atoms. The van der Waals surface area contributed by atoms with Crippen LogP contribution in [0.4, 0.5) is 10.1 Å². The summed E-state index contributed by atoms with van der Waals surface area (Å²) in [5, 5.41) is 13.6. The van der Waals surface area contributed by atoms with E-state index in [2.05, 4.69) is 10.3 Å². The van der Waals surface area contributed by atoms with E-state index < -0.39 is 28.6 Å². The van der Waals surface area contributed by atoms with Crippen molar-refractivity contribution in [2.45, 2.75) is 13.3 Å². The lowest BCUT2D eigenvalue weighted by Crippen LogP contribution is -2.29. The van der Waals surface area contributed by atoms with E-state index in [4.69, 9.17) is 0 Å². The SMILES string of the molecule is CCc1ccc(NC(=O)c2c(O)c3cccnc3n(-c3ccc(F)cc3)c2=O)cc1. The van der Waals surface area contributed by atoms with E-state index in [9.17, 15) is 19.1 Å². The summed E-state index contributed by atoms with van der Waals surface area (Å²) >= 11 is 0. The number of nitrogens with zero attached hydrogens (tertiary/aromatic N) is 2. The van der Waals surface area contributed by atoms with Gasteiger partial charge < -0.3 is 10.4 Å². The molecule has 4 rings (SSSR count). The molecule has 1 amide bonds. The van der Waals surface area contributed by atoms with Gasteiger partial charge in [0, 0.05) is 11.9 Å². The first-order valence-electron chi connectivity index (χ1n) is 9.38. The molecule has 4 aromatic rings. The van der Waals surface area contributed by atoms with Crippen LogP contribution in [-0.4, -0.2) is 20.6 Å². The third kappa shape index (κ3) is 3.41. The molecule has 0 aliphatic rings. The zero-order valence-corrected chi connectivity index (χ0v) is 16.1. The van der Waals surface area contributed by atoms with Gasteiger partial charge in [-0.2, -0.15) is 0 Å². The number of carbonyl (C=O) groups excluding carboxylic acids is 1. The second kappa shape index (κ2) is 7.79. The summed E-state index contributed by atoms with van der Waals surface area (Å²) in [5.41, 5.74) is 0.913. The minimum absolute atomic E-state index is 0.162.